The van der Waals surface area contributed by atoms with E-state index in [0.29, 0.717) is 50.5 Å². The van der Waals surface area contributed by atoms with Crippen LogP contribution in [0.25, 0.3) is 10.2 Å². The molecule has 2 aromatic heterocycles. The minimum absolute atomic E-state index is 0.0620. The highest BCUT2D eigenvalue weighted by Gasteiger charge is 2.35. The fourth-order valence-corrected chi connectivity index (χ4v) is 5.42. The van der Waals surface area contributed by atoms with Gasteiger partial charge in [-0.25, -0.2) is 4.98 Å². The van der Waals surface area contributed by atoms with E-state index in [-0.39, 0.29) is 29.7 Å². The van der Waals surface area contributed by atoms with Crippen molar-refractivity contribution < 1.29 is 19.1 Å². The van der Waals surface area contributed by atoms with E-state index in [1.807, 2.05) is 17.0 Å². The molecule has 9 heteroatoms. The van der Waals surface area contributed by atoms with Gasteiger partial charge in [0.25, 0.3) is 5.91 Å². The van der Waals surface area contributed by atoms with Gasteiger partial charge >= 0.3 is 0 Å². The number of likely N-dealkylation sites (tertiary alicyclic amines) is 1. The van der Waals surface area contributed by atoms with Crippen LogP contribution in [0.15, 0.2) is 18.3 Å². The summed E-state index contributed by atoms with van der Waals surface area (Å²) in [4.78, 5) is 46.6. The van der Waals surface area contributed by atoms with Crippen LogP contribution in [0.2, 0.25) is 0 Å². The van der Waals surface area contributed by atoms with Gasteiger partial charge in [-0.2, -0.15) is 0 Å². The van der Waals surface area contributed by atoms with Crippen LogP contribution in [0.4, 0.5) is 0 Å². The summed E-state index contributed by atoms with van der Waals surface area (Å²) in [5.41, 5.74) is 0.811. The molecule has 0 saturated carbocycles. The maximum atomic E-state index is 13.2. The second-order valence-electron chi connectivity index (χ2n) is 7.70. The summed E-state index contributed by atoms with van der Waals surface area (Å²) < 4.78 is 6.03. The van der Waals surface area contributed by atoms with Gasteiger partial charge in [-0.1, -0.05) is 6.07 Å². The molecule has 2 fully saturated rings. The minimum atomic E-state index is -0.370. The number of amides is 3. The van der Waals surface area contributed by atoms with Crippen molar-refractivity contribution in [2.24, 2.45) is 5.92 Å². The number of aromatic nitrogens is 1. The Bertz CT molecular complexity index is 967. The lowest BCUT2D eigenvalue weighted by Gasteiger charge is -2.37. The number of hydrogen-bond acceptors (Lipinski definition) is 6. The van der Waals surface area contributed by atoms with E-state index >= 15 is 0 Å². The Labute approximate surface area is 179 Å². The third-order valence-electron chi connectivity index (χ3n) is 5.93. The van der Waals surface area contributed by atoms with Gasteiger partial charge in [-0.3, -0.25) is 14.4 Å². The number of thiophene rings is 1. The molecular weight excluding hydrogens is 404 g/mol. The molecule has 0 spiro atoms. The predicted molar refractivity (Wildman–Crippen MR) is 113 cm³/mol. The number of rotatable bonds is 3. The molecule has 0 aromatic carbocycles. The van der Waals surface area contributed by atoms with Crippen molar-refractivity contribution in [3.63, 3.8) is 0 Å². The zero-order valence-electron chi connectivity index (χ0n) is 17.2. The summed E-state index contributed by atoms with van der Waals surface area (Å²) in [6.45, 7) is 4.20. The molecule has 2 aliphatic rings. The van der Waals surface area contributed by atoms with Crippen molar-refractivity contribution in [3.8, 4) is 0 Å². The molecule has 1 N–H and O–H groups in total. The molecule has 3 amide bonds. The number of fused-ring (bicyclic) bond motifs is 1. The van der Waals surface area contributed by atoms with Crippen LogP contribution in [0.3, 0.4) is 0 Å². The average Bonchev–Trinajstić information content (AvgIpc) is 3.18. The van der Waals surface area contributed by atoms with Crippen LogP contribution in [0.1, 0.15) is 41.1 Å². The lowest BCUT2D eigenvalue weighted by Crippen LogP contribution is -2.48. The summed E-state index contributed by atoms with van der Waals surface area (Å²) in [6.07, 6.45) is 2.72. The van der Waals surface area contributed by atoms with Crippen molar-refractivity contribution in [1.29, 1.82) is 0 Å². The molecule has 4 heterocycles. The van der Waals surface area contributed by atoms with Crippen LogP contribution in [-0.4, -0.2) is 72.3 Å². The number of ether oxygens (including phenoxy) is 1. The van der Waals surface area contributed by atoms with Gasteiger partial charge in [-0.15, -0.1) is 11.3 Å². The highest BCUT2D eigenvalue weighted by molar-refractivity contribution is 7.20. The first-order valence-electron chi connectivity index (χ1n) is 10.2. The van der Waals surface area contributed by atoms with E-state index in [2.05, 4.69) is 10.3 Å². The molecule has 2 aliphatic heterocycles. The largest absolute Gasteiger partial charge is 0.370 e. The van der Waals surface area contributed by atoms with E-state index in [1.54, 1.807) is 25.1 Å². The zero-order chi connectivity index (χ0) is 21.3. The van der Waals surface area contributed by atoms with Gasteiger partial charge in [0.1, 0.15) is 15.8 Å². The first kappa shape index (κ1) is 20.7. The van der Waals surface area contributed by atoms with E-state index in [9.17, 15) is 14.4 Å². The van der Waals surface area contributed by atoms with Gasteiger partial charge in [0.15, 0.2) is 0 Å². The minimum Gasteiger partial charge on any atom is -0.370 e. The molecule has 8 nitrogen and oxygen atoms in total. The van der Waals surface area contributed by atoms with Gasteiger partial charge in [-0.05, 0) is 18.9 Å². The van der Waals surface area contributed by atoms with Crippen LogP contribution in [0, 0.1) is 5.92 Å². The monoisotopic (exact) mass is 430 g/mol. The molecule has 0 radical (unpaired) electrons. The average molecular weight is 431 g/mol. The van der Waals surface area contributed by atoms with Crippen LogP contribution in [-0.2, 0) is 14.3 Å². The molecule has 160 valence electrons. The van der Waals surface area contributed by atoms with Crippen LogP contribution < -0.4 is 5.32 Å². The van der Waals surface area contributed by atoms with Crippen LogP contribution >= 0.6 is 11.3 Å². The molecule has 2 aromatic rings. The fourth-order valence-electron chi connectivity index (χ4n) is 4.28. The number of nitrogens with one attached hydrogen (secondary N) is 1. The van der Waals surface area contributed by atoms with Gasteiger partial charge in [0.05, 0.1) is 13.2 Å². The van der Waals surface area contributed by atoms with Gasteiger partial charge in [0, 0.05) is 56.7 Å². The third kappa shape index (κ3) is 3.91. The van der Waals surface area contributed by atoms with Gasteiger partial charge in [0.2, 0.25) is 11.8 Å². The maximum Gasteiger partial charge on any atom is 0.261 e. The topological polar surface area (TPSA) is 91.8 Å². The first-order valence-corrected chi connectivity index (χ1v) is 11.1. The normalized spacial score (nSPS) is 20.4. The Kier molecular flexibility index (Phi) is 6.01. The Morgan fingerprint density at radius 3 is 2.67 bits per heavy atom. The standard InChI is InChI=1S/C21H26N4O4S/c1-13(26)24-8-5-14(6-9-24)21(28)25-10-11-29-16(12-25)17-15-4-3-7-23-20(15)30-18(17)19(27)22-2/h3-4,7,14,16H,5-6,8-12H2,1-2H3,(H,22,27)/t16-/m1/s1. The summed E-state index contributed by atoms with van der Waals surface area (Å²) in [5.74, 6) is -0.0621. The zero-order valence-corrected chi connectivity index (χ0v) is 18.0. The van der Waals surface area contributed by atoms with Crippen molar-refractivity contribution in [3.05, 3.63) is 28.8 Å². The molecule has 0 bridgehead atoms. The second-order valence-corrected chi connectivity index (χ2v) is 8.70. The summed E-state index contributed by atoms with van der Waals surface area (Å²) >= 11 is 1.35. The van der Waals surface area contributed by atoms with E-state index < -0.39 is 0 Å². The Hall–Kier alpha value is -2.52. The molecule has 30 heavy (non-hydrogen) atoms. The number of carbonyl (C=O) groups is 3. The molecule has 0 unspecified atom stereocenters. The third-order valence-corrected chi connectivity index (χ3v) is 7.06. The number of hydrogen-bond donors (Lipinski definition) is 1. The number of piperidine rings is 1. The fraction of sp³-hybridized carbons (Fsp3) is 0.524. The molecule has 2 saturated heterocycles. The smallest absolute Gasteiger partial charge is 0.261 e. The quantitative estimate of drug-likeness (QED) is 0.802. The number of morpholine rings is 1. The first-order chi connectivity index (χ1) is 14.5. The predicted octanol–water partition coefficient (Wildman–Crippen LogP) is 1.81. The van der Waals surface area contributed by atoms with E-state index in [4.69, 9.17) is 4.74 Å². The lowest BCUT2D eigenvalue weighted by atomic mass is 9.94. The lowest BCUT2D eigenvalue weighted by molar-refractivity contribution is -0.146. The van der Waals surface area contributed by atoms with Crippen molar-refractivity contribution >= 4 is 39.3 Å². The van der Waals surface area contributed by atoms with Crippen molar-refractivity contribution in [2.45, 2.75) is 25.9 Å². The van der Waals surface area contributed by atoms with E-state index in [1.165, 1.54) is 11.3 Å². The summed E-state index contributed by atoms with van der Waals surface area (Å²) in [5, 5.41) is 3.59. The number of pyridine rings is 1. The molecule has 0 aliphatic carbocycles. The van der Waals surface area contributed by atoms with Gasteiger partial charge < -0.3 is 19.9 Å². The molecule has 4 rings (SSSR count). The summed E-state index contributed by atoms with van der Waals surface area (Å²) in [7, 11) is 1.61. The van der Waals surface area contributed by atoms with E-state index in [0.717, 1.165) is 15.8 Å². The molecule has 1 atom stereocenters. The number of nitrogens with zero attached hydrogens (tertiary/aromatic N) is 3. The second kappa shape index (κ2) is 8.69. The maximum absolute atomic E-state index is 13.2. The van der Waals surface area contributed by atoms with Crippen molar-refractivity contribution in [2.75, 3.05) is 39.8 Å². The van der Waals surface area contributed by atoms with Crippen LogP contribution in [0.5, 0.6) is 0 Å². The van der Waals surface area contributed by atoms with Crippen molar-refractivity contribution in [1.82, 2.24) is 20.1 Å². The Balaban J connectivity index is 1.54. The molecular formula is C21H26N4O4S. The highest BCUT2D eigenvalue weighted by Crippen LogP contribution is 2.37. The summed E-state index contributed by atoms with van der Waals surface area (Å²) in [6, 6.07) is 3.79. The SMILES string of the molecule is CNC(=O)c1sc2ncccc2c1[C@H]1CN(C(=O)C2CCN(C(C)=O)CC2)CCO1. The Morgan fingerprint density at radius 1 is 1.20 bits per heavy atom. The highest BCUT2D eigenvalue weighted by atomic mass is 32.1. The number of carbonyl (C=O) groups excluding carboxylic acids is 3. The Morgan fingerprint density at radius 2 is 1.97 bits per heavy atom.